The molecule has 1 fully saturated rings. The summed E-state index contributed by atoms with van der Waals surface area (Å²) in [7, 11) is 1.83. The van der Waals surface area contributed by atoms with E-state index in [4.69, 9.17) is 4.74 Å². The number of benzene rings is 1. The highest BCUT2D eigenvalue weighted by atomic mass is 16.5. The molecule has 0 radical (unpaired) electrons. The molecule has 1 aliphatic carbocycles. The van der Waals surface area contributed by atoms with Crippen molar-refractivity contribution in [1.29, 1.82) is 0 Å². The van der Waals surface area contributed by atoms with Crippen molar-refractivity contribution >= 4 is 0 Å². The molecule has 2 rings (SSSR count). The minimum atomic E-state index is 0.422. The number of nitrogens with one attached hydrogen (secondary N) is 1. The Hall–Kier alpha value is -0.860. The second-order valence-electron chi connectivity index (χ2n) is 5.52. The highest BCUT2D eigenvalue weighted by Gasteiger charge is 2.22. The Balaban J connectivity index is 1.92. The summed E-state index contributed by atoms with van der Waals surface area (Å²) in [5, 5.41) is 3.75. The summed E-state index contributed by atoms with van der Waals surface area (Å²) in [4.78, 5) is 0. The lowest BCUT2D eigenvalue weighted by Crippen LogP contribution is -2.38. The van der Waals surface area contributed by atoms with Crippen LogP contribution >= 0.6 is 0 Å². The molecule has 1 aromatic rings. The first kappa shape index (κ1) is 13.6. The van der Waals surface area contributed by atoms with Crippen LogP contribution in [-0.4, -0.2) is 19.3 Å². The van der Waals surface area contributed by atoms with Crippen molar-refractivity contribution < 1.29 is 4.74 Å². The zero-order valence-corrected chi connectivity index (χ0v) is 11.8. The van der Waals surface area contributed by atoms with Gasteiger partial charge in [-0.2, -0.15) is 0 Å². The van der Waals surface area contributed by atoms with E-state index in [0.29, 0.717) is 18.2 Å². The van der Waals surface area contributed by atoms with E-state index in [0.717, 1.165) is 6.42 Å². The fourth-order valence-electron chi connectivity index (χ4n) is 2.90. The van der Waals surface area contributed by atoms with E-state index >= 15 is 0 Å². The Labute approximate surface area is 111 Å². The molecular formula is C16H25NO. The highest BCUT2D eigenvalue weighted by molar-refractivity contribution is 5.24. The van der Waals surface area contributed by atoms with E-state index < -0.39 is 0 Å². The van der Waals surface area contributed by atoms with Gasteiger partial charge in [-0.1, -0.05) is 29.8 Å². The molecule has 0 heterocycles. The maximum Gasteiger partial charge on any atom is 0.0586 e. The summed E-state index contributed by atoms with van der Waals surface area (Å²) in [6, 6.07) is 9.79. The van der Waals surface area contributed by atoms with Gasteiger partial charge in [0.15, 0.2) is 0 Å². The first-order valence-corrected chi connectivity index (χ1v) is 7.04. The van der Waals surface area contributed by atoms with Gasteiger partial charge < -0.3 is 10.1 Å². The molecule has 0 aliphatic heterocycles. The topological polar surface area (TPSA) is 21.3 Å². The Morgan fingerprint density at radius 3 is 2.89 bits per heavy atom. The third kappa shape index (κ3) is 3.56. The fraction of sp³-hybridized carbons (Fsp3) is 0.625. The van der Waals surface area contributed by atoms with E-state index in [2.05, 4.69) is 43.4 Å². The van der Waals surface area contributed by atoms with Crippen LogP contribution in [0.1, 0.15) is 49.8 Å². The number of rotatable bonds is 4. The van der Waals surface area contributed by atoms with Crippen LogP contribution < -0.4 is 5.32 Å². The fourth-order valence-corrected chi connectivity index (χ4v) is 2.90. The van der Waals surface area contributed by atoms with Crippen LogP contribution in [0, 0.1) is 6.92 Å². The van der Waals surface area contributed by atoms with Gasteiger partial charge in [0.1, 0.15) is 0 Å². The quantitative estimate of drug-likeness (QED) is 0.877. The largest absolute Gasteiger partial charge is 0.381 e. The van der Waals surface area contributed by atoms with Gasteiger partial charge in [0.25, 0.3) is 0 Å². The summed E-state index contributed by atoms with van der Waals surface area (Å²) in [5.74, 6) is 0. The van der Waals surface area contributed by atoms with Crippen LogP contribution in [0.2, 0.25) is 0 Å². The maximum absolute atomic E-state index is 5.49. The summed E-state index contributed by atoms with van der Waals surface area (Å²) in [6.07, 6.45) is 5.35. The van der Waals surface area contributed by atoms with E-state index in [1.807, 2.05) is 7.11 Å². The predicted octanol–water partition coefficient (Wildman–Crippen LogP) is 3.60. The van der Waals surface area contributed by atoms with E-state index in [9.17, 15) is 0 Å². The van der Waals surface area contributed by atoms with Crippen LogP contribution in [0.4, 0.5) is 0 Å². The monoisotopic (exact) mass is 247 g/mol. The van der Waals surface area contributed by atoms with Crippen LogP contribution in [0.5, 0.6) is 0 Å². The number of ether oxygens (including phenoxy) is 1. The van der Waals surface area contributed by atoms with Crippen molar-refractivity contribution in [3.63, 3.8) is 0 Å². The number of methoxy groups -OCH3 is 1. The molecule has 0 bridgehead atoms. The normalized spacial score (nSPS) is 25.9. The van der Waals surface area contributed by atoms with Gasteiger partial charge in [0.05, 0.1) is 6.10 Å². The number of hydrogen-bond acceptors (Lipinski definition) is 2. The molecule has 1 saturated carbocycles. The average Bonchev–Trinajstić information content (AvgIpc) is 2.39. The summed E-state index contributed by atoms with van der Waals surface area (Å²) >= 11 is 0. The Bertz CT molecular complexity index is 377. The Kier molecular flexibility index (Phi) is 4.79. The molecule has 100 valence electrons. The van der Waals surface area contributed by atoms with E-state index in [1.54, 1.807) is 0 Å². The summed E-state index contributed by atoms with van der Waals surface area (Å²) < 4.78 is 5.49. The minimum Gasteiger partial charge on any atom is -0.381 e. The van der Waals surface area contributed by atoms with Gasteiger partial charge in [0, 0.05) is 19.2 Å². The Morgan fingerprint density at radius 2 is 2.17 bits per heavy atom. The van der Waals surface area contributed by atoms with Gasteiger partial charge in [-0.05, 0) is 45.1 Å². The first-order valence-electron chi connectivity index (χ1n) is 7.04. The van der Waals surface area contributed by atoms with Crippen LogP contribution in [0.15, 0.2) is 24.3 Å². The van der Waals surface area contributed by atoms with Gasteiger partial charge >= 0.3 is 0 Å². The van der Waals surface area contributed by atoms with Crippen LogP contribution in [0.25, 0.3) is 0 Å². The molecule has 0 aromatic heterocycles. The molecule has 18 heavy (non-hydrogen) atoms. The molecule has 1 aliphatic rings. The third-order valence-electron chi connectivity index (χ3n) is 3.99. The molecule has 2 nitrogen and oxygen atoms in total. The van der Waals surface area contributed by atoms with Crippen molar-refractivity contribution in [2.24, 2.45) is 0 Å². The summed E-state index contributed by atoms with van der Waals surface area (Å²) in [6.45, 7) is 4.41. The molecule has 2 unspecified atom stereocenters. The van der Waals surface area contributed by atoms with Crippen molar-refractivity contribution in [1.82, 2.24) is 5.32 Å². The third-order valence-corrected chi connectivity index (χ3v) is 3.99. The van der Waals surface area contributed by atoms with Gasteiger partial charge in [0.2, 0.25) is 0 Å². The lowest BCUT2D eigenvalue weighted by Gasteiger charge is -2.31. The van der Waals surface area contributed by atoms with Crippen molar-refractivity contribution in [3.05, 3.63) is 35.4 Å². The van der Waals surface area contributed by atoms with E-state index in [1.165, 1.54) is 30.4 Å². The number of aryl methyl sites for hydroxylation is 1. The molecule has 0 amide bonds. The molecular weight excluding hydrogens is 222 g/mol. The zero-order chi connectivity index (χ0) is 13.0. The first-order chi connectivity index (χ1) is 8.69. The second-order valence-corrected chi connectivity index (χ2v) is 5.52. The predicted molar refractivity (Wildman–Crippen MR) is 75.8 cm³/mol. The molecule has 1 N–H and O–H groups in total. The zero-order valence-electron chi connectivity index (χ0n) is 11.8. The average molecular weight is 247 g/mol. The SMILES string of the molecule is COC1CCCC(N[C@H](C)c2cccc(C)c2)C1. The lowest BCUT2D eigenvalue weighted by molar-refractivity contribution is 0.0572. The maximum atomic E-state index is 5.49. The van der Waals surface area contributed by atoms with Crippen LogP contribution in [0.3, 0.4) is 0 Å². The second kappa shape index (κ2) is 6.35. The molecule has 0 spiro atoms. The molecule has 3 atom stereocenters. The van der Waals surface area contributed by atoms with Gasteiger partial charge in [-0.25, -0.2) is 0 Å². The molecule has 1 aromatic carbocycles. The van der Waals surface area contributed by atoms with E-state index in [-0.39, 0.29) is 0 Å². The van der Waals surface area contributed by atoms with Gasteiger partial charge in [-0.3, -0.25) is 0 Å². The highest BCUT2D eigenvalue weighted by Crippen LogP contribution is 2.23. The molecule has 2 heteroatoms. The standard InChI is InChI=1S/C16H25NO/c1-12-6-4-7-14(10-12)13(2)17-15-8-5-9-16(11-15)18-3/h4,6-7,10,13,15-17H,5,8-9,11H2,1-3H3/t13-,15?,16?/m1/s1. The lowest BCUT2D eigenvalue weighted by atomic mass is 9.91. The Morgan fingerprint density at radius 1 is 1.33 bits per heavy atom. The van der Waals surface area contributed by atoms with Gasteiger partial charge in [-0.15, -0.1) is 0 Å². The molecule has 0 saturated heterocycles. The smallest absolute Gasteiger partial charge is 0.0586 e. The van der Waals surface area contributed by atoms with Crippen LogP contribution in [-0.2, 0) is 4.74 Å². The number of hydrogen-bond donors (Lipinski definition) is 1. The minimum absolute atomic E-state index is 0.422. The van der Waals surface area contributed by atoms with Crippen molar-refractivity contribution in [2.45, 2.75) is 57.7 Å². The van der Waals surface area contributed by atoms with Crippen molar-refractivity contribution in [3.8, 4) is 0 Å². The van der Waals surface area contributed by atoms with Crippen molar-refractivity contribution in [2.75, 3.05) is 7.11 Å². The summed E-state index contributed by atoms with van der Waals surface area (Å²) in [5.41, 5.74) is 2.72.